The van der Waals surface area contributed by atoms with Gasteiger partial charge in [-0.1, -0.05) is 90.4 Å². The third-order valence-electron chi connectivity index (χ3n) is 3.98. The minimum absolute atomic E-state index is 0.189. The van der Waals surface area contributed by atoms with Crippen molar-refractivity contribution in [2.45, 2.75) is 96.9 Å². The van der Waals surface area contributed by atoms with Crippen LogP contribution in [0.3, 0.4) is 0 Å². The molecule has 0 rings (SSSR count). The van der Waals surface area contributed by atoms with Crippen molar-refractivity contribution in [1.29, 1.82) is 0 Å². The molecule has 0 aliphatic heterocycles. The van der Waals surface area contributed by atoms with Gasteiger partial charge in [-0.05, 0) is 92.1 Å². The van der Waals surface area contributed by atoms with Gasteiger partial charge in [-0.15, -0.1) is 0 Å². The van der Waals surface area contributed by atoms with Crippen LogP contribution < -0.4 is 4.72 Å². The van der Waals surface area contributed by atoms with E-state index in [9.17, 15) is 0 Å². The standard InChI is InChI=1S/C17H34I3NS4/c1-2-3-4-5-6-7-8-9-10-11-12-13-14-15-16-21-22-17(18,19)23-25-24-20/h21H,2-16H2,1H3. The zero-order valence-electron chi connectivity index (χ0n) is 15.4. The van der Waals surface area contributed by atoms with Crippen LogP contribution in [0.4, 0.5) is 0 Å². The van der Waals surface area contributed by atoms with Crippen LogP contribution in [0.1, 0.15) is 96.8 Å². The maximum atomic E-state index is 3.53. The van der Waals surface area contributed by atoms with Crippen LogP contribution in [0.5, 0.6) is 0 Å². The monoisotopic (exact) mass is 761 g/mol. The van der Waals surface area contributed by atoms with Crippen molar-refractivity contribution in [3.63, 3.8) is 0 Å². The molecule has 0 fully saturated rings. The topological polar surface area (TPSA) is 12.0 Å². The Morgan fingerprint density at radius 1 is 0.720 bits per heavy atom. The van der Waals surface area contributed by atoms with E-state index in [-0.39, 0.29) is 0.0925 Å². The lowest BCUT2D eigenvalue weighted by Gasteiger charge is -2.17. The molecule has 0 unspecified atom stereocenters. The van der Waals surface area contributed by atoms with Crippen LogP contribution in [0.2, 0.25) is 0 Å². The molecule has 0 saturated carbocycles. The lowest BCUT2D eigenvalue weighted by Crippen LogP contribution is -2.12. The number of halogens is 3. The number of hydrogen-bond acceptors (Lipinski definition) is 5. The SMILES string of the molecule is CCCCCCCCCCCCCCCCNSC(I)(I)SSSI. The summed E-state index contributed by atoms with van der Waals surface area (Å²) in [5.41, 5.74) is 0. The van der Waals surface area contributed by atoms with Gasteiger partial charge in [-0.25, -0.2) is 0 Å². The van der Waals surface area contributed by atoms with Crippen LogP contribution in [0.25, 0.3) is 0 Å². The van der Waals surface area contributed by atoms with Crippen molar-refractivity contribution >= 4 is 107 Å². The molecule has 0 heterocycles. The second kappa shape index (κ2) is 22.2. The Bertz CT molecular complexity index is 274. The molecule has 0 aromatic carbocycles. The molecule has 0 atom stereocenters. The Hall–Kier alpha value is 3.55. The number of nitrogens with one attached hydrogen (secondary N) is 1. The van der Waals surface area contributed by atoms with Crippen LogP contribution in [-0.4, -0.2) is 6.64 Å². The van der Waals surface area contributed by atoms with E-state index < -0.39 is 0 Å². The summed E-state index contributed by atoms with van der Waals surface area (Å²) in [4.78, 5) is 0. The third-order valence-corrected chi connectivity index (χ3v) is 16.3. The number of unbranched alkanes of at least 4 members (excludes halogenated alkanes) is 13. The Morgan fingerprint density at radius 3 is 1.60 bits per heavy atom. The summed E-state index contributed by atoms with van der Waals surface area (Å²) < 4.78 is 3.72. The van der Waals surface area contributed by atoms with Gasteiger partial charge in [0, 0.05) is 27.8 Å². The first kappa shape index (κ1) is 28.5. The van der Waals surface area contributed by atoms with Crippen molar-refractivity contribution in [3.05, 3.63) is 0 Å². The highest BCUT2D eigenvalue weighted by Gasteiger charge is 2.24. The molecule has 0 aromatic rings. The molecule has 0 saturated heterocycles. The molecule has 0 radical (unpaired) electrons. The first-order chi connectivity index (χ1) is 12.1. The Morgan fingerprint density at radius 2 is 1.16 bits per heavy atom. The zero-order valence-corrected chi connectivity index (χ0v) is 25.1. The first-order valence-electron chi connectivity index (χ1n) is 9.54. The molecule has 0 bridgehead atoms. The highest BCUT2D eigenvalue weighted by molar-refractivity contribution is 14.2. The van der Waals surface area contributed by atoms with Gasteiger partial charge in [0.05, 0.1) is 0 Å². The van der Waals surface area contributed by atoms with Gasteiger partial charge >= 0.3 is 0 Å². The lowest BCUT2D eigenvalue weighted by molar-refractivity contribution is 0.535. The predicted octanol–water partition coefficient (Wildman–Crippen LogP) is 10.6. The molecular formula is C17H34I3NS4. The fourth-order valence-electron chi connectivity index (χ4n) is 2.60. The van der Waals surface area contributed by atoms with Crippen molar-refractivity contribution in [2.24, 2.45) is 0 Å². The highest BCUT2D eigenvalue weighted by atomic mass is 127. The second-order valence-corrected chi connectivity index (χ2v) is 22.7. The third kappa shape index (κ3) is 23.7. The molecule has 0 aliphatic carbocycles. The van der Waals surface area contributed by atoms with E-state index in [0.29, 0.717) is 0 Å². The molecule has 0 amide bonds. The zero-order chi connectivity index (χ0) is 18.6. The summed E-state index contributed by atoms with van der Waals surface area (Å²) >= 11 is 9.21. The highest BCUT2D eigenvalue weighted by Crippen LogP contribution is 2.57. The molecule has 25 heavy (non-hydrogen) atoms. The number of hydrogen-bond donors (Lipinski definition) is 1. The molecule has 152 valence electrons. The maximum Gasteiger partial charge on any atom is 0.187 e. The van der Waals surface area contributed by atoms with Gasteiger partial charge in [-0.2, -0.15) is 0 Å². The predicted molar refractivity (Wildman–Crippen MR) is 153 cm³/mol. The fourth-order valence-corrected chi connectivity index (χ4v) is 12.6. The average molecular weight is 761 g/mol. The maximum absolute atomic E-state index is 3.53. The van der Waals surface area contributed by atoms with E-state index in [1.807, 2.05) is 32.6 Å². The summed E-state index contributed by atoms with van der Waals surface area (Å²) in [6.07, 6.45) is 20.0. The minimum Gasteiger partial charge on any atom is -0.262 e. The van der Waals surface area contributed by atoms with Crippen molar-refractivity contribution < 1.29 is 0 Å². The van der Waals surface area contributed by atoms with Gasteiger partial charge in [-0.3, -0.25) is 4.72 Å². The van der Waals surface area contributed by atoms with E-state index in [0.717, 1.165) is 6.54 Å². The summed E-state index contributed by atoms with van der Waals surface area (Å²) in [6.45, 7) is 3.43. The van der Waals surface area contributed by atoms with Gasteiger partial charge in [0.1, 0.15) is 0 Å². The Kier molecular flexibility index (Phi) is 25.4. The Labute approximate surface area is 212 Å². The normalized spacial score (nSPS) is 12.0. The summed E-state index contributed by atoms with van der Waals surface area (Å²) in [5.74, 6) is 0. The summed E-state index contributed by atoms with van der Waals surface area (Å²) in [6, 6.07) is 0. The van der Waals surface area contributed by atoms with E-state index in [4.69, 9.17) is 0 Å². The minimum atomic E-state index is 0.189. The van der Waals surface area contributed by atoms with Crippen LogP contribution >= 0.6 is 107 Å². The summed E-state index contributed by atoms with van der Waals surface area (Å²) in [7, 11) is 5.55. The quantitative estimate of drug-likeness (QED) is 0.0330. The number of alkyl halides is 2. The smallest absolute Gasteiger partial charge is 0.187 e. The van der Waals surface area contributed by atoms with Gasteiger partial charge < -0.3 is 0 Å². The van der Waals surface area contributed by atoms with E-state index in [1.165, 1.54) is 89.9 Å². The Balaban J connectivity index is 3.14. The second-order valence-electron chi connectivity index (χ2n) is 6.27. The first-order valence-corrected chi connectivity index (χ1v) is 18.5. The molecule has 1 N–H and O–H groups in total. The van der Waals surface area contributed by atoms with Crippen molar-refractivity contribution in [2.75, 3.05) is 6.54 Å². The van der Waals surface area contributed by atoms with E-state index >= 15 is 0 Å². The van der Waals surface area contributed by atoms with Gasteiger partial charge in [0.15, 0.2) is 0.0925 Å². The largest absolute Gasteiger partial charge is 0.262 e. The van der Waals surface area contributed by atoms with Gasteiger partial charge in [0.2, 0.25) is 0 Å². The van der Waals surface area contributed by atoms with Crippen molar-refractivity contribution in [1.82, 2.24) is 4.72 Å². The lowest BCUT2D eigenvalue weighted by atomic mass is 10.0. The summed E-state index contributed by atoms with van der Waals surface area (Å²) in [5, 5.41) is 0. The van der Waals surface area contributed by atoms with E-state index in [2.05, 4.69) is 78.0 Å². The van der Waals surface area contributed by atoms with Crippen LogP contribution in [-0.2, 0) is 0 Å². The van der Waals surface area contributed by atoms with Crippen molar-refractivity contribution in [3.8, 4) is 0 Å². The van der Waals surface area contributed by atoms with E-state index in [1.54, 1.807) is 7.97 Å². The molecular weight excluding hydrogens is 727 g/mol. The fraction of sp³-hybridized carbons (Fsp3) is 1.00. The molecule has 0 spiro atoms. The van der Waals surface area contributed by atoms with Gasteiger partial charge in [0.25, 0.3) is 0 Å². The van der Waals surface area contributed by atoms with Crippen LogP contribution in [0.15, 0.2) is 0 Å². The molecule has 0 aliphatic rings. The average Bonchev–Trinajstić information content (AvgIpc) is 2.59. The molecule has 8 heteroatoms. The van der Waals surface area contributed by atoms with Crippen LogP contribution in [0, 0.1) is 0 Å². The molecule has 1 nitrogen and oxygen atoms in total. The number of rotatable bonds is 20. The molecule has 0 aromatic heterocycles.